The molecular formula is C15H22N6. The van der Waals surface area contributed by atoms with Gasteiger partial charge in [0.15, 0.2) is 5.82 Å². The number of rotatable bonds is 7. The summed E-state index contributed by atoms with van der Waals surface area (Å²) in [4.78, 5) is 8.68. The van der Waals surface area contributed by atoms with Gasteiger partial charge in [0.1, 0.15) is 5.82 Å². The highest BCUT2D eigenvalue weighted by Gasteiger charge is 2.25. The van der Waals surface area contributed by atoms with Crippen molar-refractivity contribution in [1.29, 1.82) is 0 Å². The maximum Gasteiger partial charge on any atom is 0.224 e. The van der Waals surface area contributed by atoms with E-state index in [4.69, 9.17) is 0 Å². The third kappa shape index (κ3) is 3.93. The maximum absolute atomic E-state index is 4.45. The summed E-state index contributed by atoms with van der Waals surface area (Å²) in [5.41, 5.74) is 1.21. The first-order valence-electron chi connectivity index (χ1n) is 7.60. The van der Waals surface area contributed by atoms with Gasteiger partial charge in [-0.2, -0.15) is 10.1 Å². The molecule has 6 heteroatoms. The van der Waals surface area contributed by atoms with E-state index < -0.39 is 0 Å². The van der Waals surface area contributed by atoms with E-state index in [0.717, 1.165) is 24.6 Å². The van der Waals surface area contributed by atoms with Gasteiger partial charge in [-0.1, -0.05) is 13.8 Å². The summed E-state index contributed by atoms with van der Waals surface area (Å²) in [6.07, 6.45) is 5.38. The fourth-order valence-corrected chi connectivity index (χ4v) is 2.12. The van der Waals surface area contributed by atoms with E-state index in [1.807, 2.05) is 6.07 Å². The van der Waals surface area contributed by atoms with Crippen LogP contribution in [0.5, 0.6) is 0 Å². The summed E-state index contributed by atoms with van der Waals surface area (Å²) in [6, 6.07) is 3.91. The number of H-pyrrole nitrogens is 1. The molecule has 0 saturated heterocycles. The molecule has 0 bridgehead atoms. The van der Waals surface area contributed by atoms with Crippen LogP contribution in [0, 0.1) is 5.92 Å². The highest BCUT2D eigenvalue weighted by Crippen LogP contribution is 2.39. The fourth-order valence-electron chi connectivity index (χ4n) is 2.12. The summed E-state index contributed by atoms with van der Waals surface area (Å²) >= 11 is 0. The van der Waals surface area contributed by atoms with Gasteiger partial charge < -0.3 is 10.6 Å². The van der Waals surface area contributed by atoms with E-state index in [1.165, 1.54) is 18.5 Å². The molecule has 2 aromatic rings. The summed E-state index contributed by atoms with van der Waals surface area (Å²) in [7, 11) is 0. The van der Waals surface area contributed by atoms with Gasteiger partial charge in [0.2, 0.25) is 5.95 Å². The van der Waals surface area contributed by atoms with Crippen LogP contribution < -0.4 is 10.6 Å². The molecule has 2 heterocycles. The minimum absolute atomic E-state index is 0.651. The molecule has 0 atom stereocenters. The van der Waals surface area contributed by atoms with E-state index in [-0.39, 0.29) is 0 Å². The van der Waals surface area contributed by atoms with Crippen molar-refractivity contribution in [3.63, 3.8) is 0 Å². The van der Waals surface area contributed by atoms with Crippen molar-refractivity contribution in [2.45, 2.75) is 39.0 Å². The second-order valence-electron chi connectivity index (χ2n) is 5.98. The van der Waals surface area contributed by atoms with Gasteiger partial charge >= 0.3 is 0 Å². The van der Waals surface area contributed by atoms with Crippen LogP contribution in [0.25, 0.3) is 0 Å². The van der Waals surface area contributed by atoms with Crippen molar-refractivity contribution >= 4 is 17.6 Å². The van der Waals surface area contributed by atoms with Gasteiger partial charge in [-0.15, -0.1) is 0 Å². The van der Waals surface area contributed by atoms with Gasteiger partial charge in [-0.3, -0.25) is 5.10 Å². The number of aromatic nitrogens is 4. The molecule has 112 valence electrons. The van der Waals surface area contributed by atoms with Gasteiger partial charge in [0, 0.05) is 30.4 Å². The van der Waals surface area contributed by atoms with Crippen LogP contribution in [-0.2, 0) is 0 Å². The first-order chi connectivity index (χ1) is 10.2. The van der Waals surface area contributed by atoms with Crippen LogP contribution in [0.3, 0.4) is 0 Å². The Morgan fingerprint density at radius 3 is 2.95 bits per heavy atom. The summed E-state index contributed by atoms with van der Waals surface area (Å²) < 4.78 is 0. The molecule has 0 aromatic carbocycles. The average molecular weight is 286 g/mol. The Morgan fingerprint density at radius 2 is 2.19 bits per heavy atom. The molecule has 6 nitrogen and oxygen atoms in total. The van der Waals surface area contributed by atoms with Crippen LogP contribution in [0.2, 0.25) is 0 Å². The quantitative estimate of drug-likeness (QED) is 0.728. The zero-order valence-corrected chi connectivity index (χ0v) is 12.6. The first-order valence-corrected chi connectivity index (χ1v) is 7.60. The normalized spacial score (nSPS) is 14.4. The molecule has 1 aliphatic carbocycles. The minimum Gasteiger partial charge on any atom is -0.354 e. The molecule has 1 aliphatic rings. The minimum atomic E-state index is 0.651. The summed E-state index contributed by atoms with van der Waals surface area (Å²) in [5, 5.41) is 13.8. The van der Waals surface area contributed by atoms with Crippen molar-refractivity contribution in [3.05, 3.63) is 24.0 Å². The number of hydrogen-bond donors (Lipinski definition) is 3. The number of hydrogen-bond acceptors (Lipinski definition) is 5. The molecule has 0 aliphatic heterocycles. The predicted molar refractivity (Wildman–Crippen MR) is 83.8 cm³/mol. The van der Waals surface area contributed by atoms with E-state index in [0.29, 0.717) is 17.8 Å². The largest absolute Gasteiger partial charge is 0.354 e. The molecule has 1 fully saturated rings. The molecule has 0 amide bonds. The Hall–Kier alpha value is -2.11. The Balaban J connectivity index is 1.59. The van der Waals surface area contributed by atoms with E-state index in [2.05, 4.69) is 50.7 Å². The lowest BCUT2D eigenvalue weighted by Gasteiger charge is -2.08. The van der Waals surface area contributed by atoms with Crippen molar-refractivity contribution in [2.75, 3.05) is 17.2 Å². The number of nitrogens with one attached hydrogen (secondary N) is 3. The lowest BCUT2D eigenvalue weighted by atomic mass is 10.1. The summed E-state index contributed by atoms with van der Waals surface area (Å²) in [6.45, 7) is 5.29. The predicted octanol–water partition coefficient (Wildman–Crippen LogP) is 3.28. The second-order valence-corrected chi connectivity index (χ2v) is 5.98. The van der Waals surface area contributed by atoms with Crippen LogP contribution >= 0.6 is 0 Å². The molecule has 0 spiro atoms. The maximum atomic E-state index is 4.45. The lowest BCUT2D eigenvalue weighted by molar-refractivity contribution is 0.606. The fraction of sp³-hybridized carbons (Fsp3) is 0.533. The SMILES string of the molecule is CC(C)CCNc1nccc(Nc2cc(C3CC3)[nH]n2)n1. The third-order valence-electron chi connectivity index (χ3n) is 3.53. The van der Waals surface area contributed by atoms with E-state index >= 15 is 0 Å². The third-order valence-corrected chi connectivity index (χ3v) is 3.53. The van der Waals surface area contributed by atoms with Crippen molar-refractivity contribution in [1.82, 2.24) is 20.2 Å². The van der Waals surface area contributed by atoms with E-state index in [9.17, 15) is 0 Å². The van der Waals surface area contributed by atoms with E-state index in [1.54, 1.807) is 6.20 Å². The molecule has 2 aromatic heterocycles. The first kappa shape index (κ1) is 13.9. The van der Waals surface area contributed by atoms with Crippen LogP contribution in [0.4, 0.5) is 17.6 Å². The van der Waals surface area contributed by atoms with Crippen molar-refractivity contribution < 1.29 is 0 Å². The van der Waals surface area contributed by atoms with Gasteiger partial charge in [0.25, 0.3) is 0 Å². The molecule has 0 unspecified atom stereocenters. The van der Waals surface area contributed by atoms with Crippen molar-refractivity contribution in [3.8, 4) is 0 Å². The monoisotopic (exact) mass is 286 g/mol. The Labute approximate surface area is 124 Å². The van der Waals surface area contributed by atoms with Crippen LogP contribution in [0.1, 0.15) is 44.7 Å². The van der Waals surface area contributed by atoms with Crippen LogP contribution in [-0.4, -0.2) is 26.7 Å². The molecule has 21 heavy (non-hydrogen) atoms. The lowest BCUT2D eigenvalue weighted by Crippen LogP contribution is -2.08. The molecule has 0 radical (unpaired) electrons. The standard InChI is InChI=1S/C15H22N6/c1-10(2)5-7-16-15-17-8-6-13(19-15)18-14-9-12(20-21-14)11-3-4-11/h6,8-11H,3-5,7H2,1-2H3,(H3,16,17,18,19,20,21). The second kappa shape index (κ2) is 6.11. The average Bonchev–Trinajstić information content (AvgIpc) is 3.20. The summed E-state index contributed by atoms with van der Waals surface area (Å²) in [5.74, 6) is 3.56. The van der Waals surface area contributed by atoms with Gasteiger partial charge in [-0.25, -0.2) is 4.98 Å². The van der Waals surface area contributed by atoms with Crippen LogP contribution in [0.15, 0.2) is 18.3 Å². The molecule has 3 N–H and O–H groups in total. The van der Waals surface area contributed by atoms with Gasteiger partial charge in [-0.05, 0) is 31.2 Å². The smallest absolute Gasteiger partial charge is 0.224 e. The van der Waals surface area contributed by atoms with Crippen molar-refractivity contribution in [2.24, 2.45) is 5.92 Å². The number of aromatic amines is 1. The highest BCUT2D eigenvalue weighted by atomic mass is 15.2. The zero-order chi connectivity index (χ0) is 14.7. The molecule has 1 saturated carbocycles. The Bertz CT molecular complexity index is 587. The van der Waals surface area contributed by atoms with Gasteiger partial charge in [0.05, 0.1) is 0 Å². The zero-order valence-electron chi connectivity index (χ0n) is 12.6. The Morgan fingerprint density at radius 1 is 1.33 bits per heavy atom. The topological polar surface area (TPSA) is 78.5 Å². The molecular weight excluding hydrogens is 264 g/mol. The Kier molecular flexibility index (Phi) is 4.03. The highest BCUT2D eigenvalue weighted by molar-refractivity contribution is 5.53. The molecule has 3 rings (SSSR count). The number of anilines is 3. The number of nitrogens with zero attached hydrogens (tertiary/aromatic N) is 3.